The number of nitrogen functional groups attached to an aromatic ring is 1. The molecule has 1 aromatic heterocycles. The molecule has 19 heavy (non-hydrogen) atoms. The van der Waals surface area contributed by atoms with Gasteiger partial charge in [0.1, 0.15) is 0 Å². The Morgan fingerprint density at radius 3 is 3.00 bits per heavy atom. The Kier molecular flexibility index (Phi) is 2.87. The molecule has 0 fully saturated rings. The molecule has 0 saturated carbocycles. The first-order valence-corrected chi connectivity index (χ1v) is 6.35. The molecule has 0 aliphatic carbocycles. The first-order chi connectivity index (χ1) is 9.18. The number of pyridine rings is 1. The van der Waals surface area contributed by atoms with Gasteiger partial charge in [0.2, 0.25) is 0 Å². The molecule has 0 saturated heterocycles. The second kappa shape index (κ2) is 4.55. The van der Waals surface area contributed by atoms with Gasteiger partial charge in [0.15, 0.2) is 0 Å². The number of benzene rings is 1. The van der Waals surface area contributed by atoms with Gasteiger partial charge in [0, 0.05) is 18.9 Å². The number of nitrogens with two attached hydrogens (primary N) is 1. The number of anilines is 2. The van der Waals surface area contributed by atoms with Crippen LogP contribution in [0.15, 0.2) is 36.7 Å². The Morgan fingerprint density at radius 2 is 2.21 bits per heavy atom. The fourth-order valence-electron chi connectivity index (χ4n) is 2.38. The Bertz CT molecular complexity index is 657. The van der Waals surface area contributed by atoms with Crippen molar-refractivity contribution in [1.82, 2.24) is 4.98 Å². The topological polar surface area (TPSA) is 59.2 Å². The number of rotatable bonds is 1. The summed E-state index contributed by atoms with van der Waals surface area (Å²) in [5.74, 6) is -0.135. The van der Waals surface area contributed by atoms with Gasteiger partial charge in [0.25, 0.3) is 5.91 Å². The van der Waals surface area contributed by atoms with Crippen LogP contribution in [-0.4, -0.2) is 17.4 Å². The van der Waals surface area contributed by atoms with Crippen molar-refractivity contribution in [1.29, 1.82) is 0 Å². The lowest BCUT2D eigenvalue weighted by molar-refractivity contribution is 0.0989. The van der Waals surface area contributed by atoms with Crippen molar-refractivity contribution in [3.05, 3.63) is 52.8 Å². The summed E-state index contributed by atoms with van der Waals surface area (Å²) in [6.07, 6.45) is 3.85. The first kappa shape index (κ1) is 12.0. The van der Waals surface area contributed by atoms with Crippen molar-refractivity contribution in [2.24, 2.45) is 0 Å². The van der Waals surface area contributed by atoms with Crippen molar-refractivity contribution >= 4 is 28.9 Å². The minimum Gasteiger partial charge on any atom is -0.397 e. The van der Waals surface area contributed by atoms with E-state index >= 15 is 0 Å². The van der Waals surface area contributed by atoms with Gasteiger partial charge in [-0.15, -0.1) is 0 Å². The number of nitrogens with zero attached hydrogens (tertiary/aromatic N) is 2. The van der Waals surface area contributed by atoms with Crippen LogP contribution in [0.4, 0.5) is 11.4 Å². The van der Waals surface area contributed by atoms with Gasteiger partial charge in [-0.25, -0.2) is 0 Å². The van der Waals surface area contributed by atoms with Gasteiger partial charge < -0.3 is 10.6 Å². The molecule has 1 amide bonds. The maximum absolute atomic E-state index is 12.5. The van der Waals surface area contributed by atoms with E-state index in [0.717, 1.165) is 17.7 Å². The van der Waals surface area contributed by atoms with Crippen LogP contribution in [-0.2, 0) is 6.42 Å². The first-order valence-electron chi connectivity index (χ1n) is 5.97. The van der Waals surface area contributed by atoms with Gasteiger partial charge >= 0.3 is 0 Å². The van der Waals surface area contributed by atoms with Gasteiger partial charge in [-0.05, 0) is 24.1 Å². The summed E-state index contributed by atoms with van der Waals surface area (Å²) in [6, 6.07) is 7.33. The van der Waals surface area contributed by atoms with Gasteiger partial charge in [-0.1, -0.05) is 23.7 Å². The predicted molar refractivity (Wildman–Crippen MR) is 75.5 cm³/mol. The zero-order chi connectivity index (χ0) is 13.4. The number of hydrogen-bond donors (Lipinski definition) is 1. The summed E-state index contributed by atoms with van der Waals surface area (Å²) in [4.78, 5) is 18.1. The molecule has 2 heterocycles. The number of aromatic nitrogens is 1. The third-order valence-electron chi connectivity index (χ3n) is 3.27. The lowest BCUT2D eigenvalue weighted by Crippen LogP contribution is -2.29. The summed E-state index contributed by atoms with van der Waals surface area (Å²) in [6.45, 7) is 0.626. The van der Waals surface area contributed by atoms with Crippen LogP contribution < -0.4 is 10.6 Å². The number of carbonyl (C=O) groups is 1. The lowest BCUT2D eigenvalue weighted by atomic mass is 10.1. The molecular formula is C14H12ClN3O. The predicted octanol–water partition coefficient (Wildman–Crippen LogP) is 2.52. The quantitative estimate of drug-likeness (QED) is 0.812. The highest BCUT2D eigenvalue weighted by molar-refractivity contribution is 6.34. The molecule has 5 heteroatoms. The van der Waals surface area contributed by atoms with Gasteiger partial charge in [-0.3, -0.25) is 9.78 Å². The SMILES string of the molecule is Nc1cccc2c1N(C(=O)c1ccncc1Cl)CC2. The summed E-state index contributed by atoms with van der Waals surface area (Å²) in [5.41, 5.74) is 8.95. The molecule has 1 aromatic carbocycles. The number of para-hydroxylation sites is 1. The van der Waals surface area contributed by atoms with Crippen LogP contribution in [0.1, 0.15) is 15.9 Å². The summed E-state index contributed by atoms with van der Waals surface area (Å²) in [5, 5.41) is 0.357. The molecule has 4 nitrogen and oxygen atoms in total. The van der Waals surface area contributed by atoms with Crippen LogP contribution in [0, 0.1) is 0 Å². The molecule has 0 atom stereocenters. The Balaban J connectivity index is 2.03. The van der Waals surface area contributed by atoms with E-state index in [9.17, 15) is 4.79 Å². The number of amides is 1. The highest BCUT2D eigenvalue weighted by atomic mass is 35.5. The molecule has 96 valence electrons. The van der Waals surface area contributed by atoms with Crippen LogP contribution >= 0.6 is 11.6 Å². The largest absolute Gasteiger partial charge is 0.397 e. The lowest BCUT2D eigenvalue weighted by Gasteiger charge is -2.19. The Labute approximate surface area is 115 Å². The number of carbonyl (C=O) groups excluding carboxylic acids is 1. The summed E-state index contributed by atoms with van der Waals surface area (Å²) >= 11 is 6.02. The van der Waals surface area contributed by atoms with E-state index in [1.165, 1.54) is 6.20 Å². The van der Waals surface area contributed by atoms with E-state index in [1.807, 2.05) is 12.1 Å². The molecule has 2 N–H and O–H groups in total. The Hall–Kier alpha value is -2.07. The van der Waals surface area contributed by atoms with Crippen molar-refractivity contribution in [3.8, 4) is 0 Å². The van der Waals surface area contributed by atoms with E-state index in [0.29, 0.717) is 22.8 Å². The number of hydrogen-bond acceptors (Lipinski definition) is 3. The monoisotopic (exact) mass is 273 g/mol. The highest BCUT2D eigenvalue weighted by Gasteiger charge is 2.28. The molecule has 1 aliphatic rings. The fourth-order valence-corrected chi connectivity index (χ4v) is 2.58. The zero-order valence-corrected chi connectivity index (χ0v) is 10.9. The van der Waals surface area contributed by atoms with Crippen molar-refractivity contribution < 1.29 is 4.79 Å². The third kappa shape index (κ3) is 1.94. The van der Waals surface area contributed by atoms with Crippen LogP contribution in [0.25, 0.3) is 0 Å². The fraction of sp³-hybridized carbons (Fsp3) is 0.143. The molecule has 0 radical (unpaired) electrons. The maximum atomic E-state index is 12.5. The van der Waals surface area contributed by atoms with Crippen LogP contribution in [0.2, 0.25) is 5.02 Å². The number of fused-ring (bicyclic) bond motifs is 1. The average molecular weight is 274 g/mol. The average Bonchev–Trinajstić information content (AvgIpc) is 2.84. The van der Waals surface area contributed by atoms with E-state index in [1.54, 1.807) is 23.2 Å². The zero-order valence-electron chi connectivity index (χ0n) is 10.1. The van der Waals surface area contributed by atoms with Crippen LogP contribution in [0.3, 0.4) is 0 Å². The molecule has 2 aromatic rings. The molecular weight excluding hydrogens is 262 g/mol. The van der Waals surface area contributed by atoms with Crippen LogP contribution in [0.5, 0.6) is 0 Å². The molecule has 1 aliphatic heterocycles. The van der Waals surface area contributed by atoms with Crippen molar-refractivity contribution in [2.45, 2.75) is 6.42 Å². The summed E-state index contributed by atoms with van der Waals surface area (Å²) in [7, 11) is 0. The number of halogens is 1. The smallest absolute Gasteiger partial charge is 0.259 e. The maximum Gasteiger partial charge on any atom is 0.259 e. The second-order valence-corrected chi connectivity index (χ2v) is 4.82. The van der Waals surface area contributed by atoms with E-state index in [-0.39, 0.29) is 5.91 Å². The van der Waals surface area contributed by atoms with Gasteiger partial charge in [-0.2, -0.15) is 0 Å². The van der Waals surface area contributed by atoms with E-state index < -0.39 is 0 Å². The van der Waals surface area contributed by atoms with Gasteiger partial charge in [0.05, 0.1) is 22.0 Å². The third-order valence-corrected chi connectivity index (χ3v) is 3.57. The molecule has 0 unspecified atom stereocenters. The molecule has 0 spiro atoms. The minimum atomic E-state index is -0.135. The van der Waals surface area contributed by atoms with E-state index in [4.69, 9.17) is 17.3 Å². The second-order valence-electron chi connectivity index (χ2n) is 4.42. The normalized spacial score (nSPS) is 13.4. The molecule has 0 bridgehead atoms. The Morgan fingerprint density at radius 1 is 1.37 bits per heavy atom. The minimum absolute atomic E-state index is 0.135. The van der Waals surface area contributed by atoms with Crippen molar-refractivity contribution in [3.63, 3.8) is 0 Å². The standard InChI is InChI=1S/C14H12ClN3O/c15-11-8-17-6-4-10(11)14(19)18-7-5-9-2-1-3-12(16)13(9)18/h1-4,6,8H,5,7,16H2. The molecule has 3 rings (SSSR count). The van der Waals surface area contributed by atoms with Crippen molar-refractivity contribution in [2.75, 3.05) is 17.2 Å². The highest BCUT2D eigenvalue weighted by Crippen LogP contribution is 2.35. The van der Waals surface area contributed by atoms with E-state index in [2.05, 4.69) is 4.98 Å². The summed E-state index contributed by atoms with van der Waals surface area (Å²) < 4.78 is 0.